The molecule has 7 nitrogen and oxygen atoms in total. The Kier molecular flexibility index (Phi) is 4.81. The Morgan fingerprint density at radius 1 is 1.08 bits per heavy atom. The fraction of sp³-hybridized carbons (Fsp3) is 0.176. The summed E-state index contributed by atoms with van der Waals surface area (Å²) < 4.78 is 15.9. The third kappa shape index (κ3) is 3.75. The first-order valence-corrected chi connectivity index (χ1v) is 7.40. The number of carbonyl (C=O) groups is 1. The highest BCUT2D eigenvalue weighted by molar-refractivity contribution is 5.88. The minimum absolute atomic E-state index is 0.299. The van der Waals surface area contributed by atoms with E-state index in [4.69, 9.17) is 9.47 Å². The van der Waals surface area contributed by atoms with E-state index >= 15 is 0 Å². The molecule has 0 aliphatic rings. The van der Waals surface area contributed by atoms with E-state index in [1.54, 1.807) is 0 Å². The Labute approximate surface area is 138 Å². The first-order chi connectivity index (χ1) is 11.8. The molecular weight excluding hydrogens is 310 g/mol. The smallest absolute Gasteiger partial charge is 0.413 e. The average Bonchev–Trinajstić information content (AvgIpc) is 3.02. The van der Waals surface area contributed by atoms with Crippen LogP contribution in [0, 0.1) is 0 Å². The van der Waals surface area contributed by atoms with Crippen molar-refractivity contribution in [2.75, 3.05) is 25.6 Å². The van der Waals surface area contributed by atoms with Gasteiger partial charge in [-0.1, -0.05) is 24.3 Å². The van der Waals surface area contributed by atoms with E-state index in [0.29, 0.717) is 30.4 Å². The molecule has 0 unspecified atom stereocenters. The Morgan fingerprint density at radius 2 is 1.88 bits per heavy atom. The normalized spacial score (nSPS) is 10.4. The molecule has 1 aromatic heterocycles. The summed E-state index contributed by atoms with van der Waals surface area (Å²) in [6.45, 7) is 0.790. The van der Waals surface area contributed by atoms with E-state index in [-0.39, 0.29) is 0 Å². The second kappa shape index (κ2) is 7.36. The van der Waals surface area contributed by atoms with Crippen LogP contribution in [0.2, 0.25) is 0 Å². The molecule has 3 aromatic rings. The molecule has 24 heavy (non-hydrogen) atoms. The van der Waals surface area contributed by atoms with Gasteiger partial charge in [0.15, 0.2) is 0 Å². The summed E-state index contributed by atoms with van der Waals surface area (Å²) in [5, 5.41) is 2.49. The topological polar surface area (TPSA) is 85.5 Å². The second-order valence-corrected chi connectivity index (χ2v) is 4.86. The second-order valence-electron chi connectivity index (χ2n) is 4.86. The molecule has 124 valence electrons. The third-order valence-electron chi connectivity index (χ3n) is 3.23. The Morgan fingerprint density at radius 3 is 2.67 bits per heavy atom. The van der Waals surface area contributed by atoms with Crippen molar-refractivity contribution in [1.82, 2.24) is 9.97 Å². The molecule has 0 aliphatic carbocycles. The summed E-state index contributed by atoms with van der Waals surface area (Å²) in [6, 6.07) is 15.0. The van der Waals surface area contributed by atoms with Gasteiger partial charge in [-0.25, -0.2) is 9.78 Å². The van der Waals surface area contributed by atoms with Gasteiger partial charge in [0.05, 0.1) is 12.6 Å². The average molecular weight is 327 g/mol. The van der Waals surface area contributed by atoms with Crippen molar-refractivity contribution < 1.29 is 19.0 Å². The number of para-hydroxylation sites is 2. The molecule has 2 N–H and O–H groups in total. The monoisotopic (exact) mass is 327 g/mol. The van der Waals surface area contributed by atoms with E-state index in [0.717, 1.165) is 11.3 Å². The van der Waals surface area contributed by atoms with Crippen LogP contribution in [-0.2, 0) is 4.74 Å². The zero-order valence-corrected chi connectivity index (χ0v) is 13.1. The third-order valence-corrected chi connectivity index (χ3v) is 3.23. The van der Waals surface area contributed by atoms with Crippen molar-refractivity contribution in [1.29, 1.82) is 0 Å². The van der Waals surface area contributed by atoms with Gasteiger partial charge in [-0.05, 0) is 24.3 Å². The minimum Gasteiger partial charge on any atom is -0.490 e. The Bertz CT molecular complexity index is 817. The summed E-state index contributed by atoms with van der Waals surface area (Å²) in [4.78, 5) is 18.5. The summed E-state index contributed by atoms with van der Waals surface area (Å²) in [5.41, 5.74) is 1.38. The van der Waals surface area contributed by atoms with Crippen LogP contribution in [-0.4, -0.2) is 36.4 Å². The predicted octanol–water partition coefficient (Wildman–Crippen LogP) is 3.20. The first kappa shape index (κ1) is 15.7. The number of methoxy groups -OCH3 is 1. The minimum atomic E-state index is -0.590. The molecule has 0 atom stereocenters. The molecule has 7 heteroatoms. The number of benzene rings is 2. The molecule has 2 aromatic carbocycles. The van der Waals surface area contributed by atoms with Crippen molar-refractivity contribution >= 4 is 23.1 Å². The maximum absolute atomic E-state index is 11.2. The van der Waals surface area contributed by atoms with E-state index in [1.165, 1.54) is 7.11 Å². The molecule has 0 saturated carbocycles. The maximum Gasteiger partial charge on any atom is 0.413 e. The lowest BCUT2D eigenvalue weighted by Gasteiger charge is -2.08. The number of amides is 1. The molecule has 0 saturated heterocycles. The van der Waals surface area contributed by atoms with E-state index in [2.05, 4.69) is 20.0 Å². The number of hydrogen-bond donors (Lipinski definition) is 2. The zero-order chi connectivity index (χ0) is 16.8. The number of hydrogen-bond acceptors (Lipinski definition) is 5. The summed E-state index contributed by atoms with van der Waals surface area (Å²) >= 11 is 0. The number of nitrogens with zero attached hydrogens (tertiary/aromatic N) is 1. The number of H-pyrrole nitrogens is 1. The van der Waals surface area contributed by atoms with Crippen molar-refractivity contribution in [2.45, 2.75) is 0 Å². The highest BCUT2D eigenvalue weighted by atomic mass is 16.5. The Hall–Kier alpha value is -3.22. The molecule has 0 radical (unpaired) electrons. The molecule has 3 rings (SSSR count). The number of aromatic nitrogens is 2. The van der Waals surface area contributed by atoms with E-state index in [1.807, 2.05) is 48.5 Å². The highest BCUT2D eigenvalue weighted by Crippen LogP contribution is 2.25. The molecule has 0 aliphatic heterocycles. The van der Waals surface area contributed by atoms with Gasteiger partial charge in [-0.2, -0.15) is 0 Å². The first-order valence-electron chi connectivity index (χ1n) is 7.40. The number of imidazole rings is 1. The number of rotatable bonds is 6. The van der Waals surface area contributed by atoms with Crippen molar-refractivity contribution in [3.8, 4) is 11.5 Å². The van der Waals surface area contributed by atoms with Crippen LogP contribution < -0.4 is 14.8 Å². The van der Waals surface area contributed by atoms with Gasteiger partial charge in [0, 0.05) is 0 Å². The van der Waals surface area contributed by atoms with Gasteiger partial charge in [-0.3, -0.25) is 5.32 Å². The van der Waals surface area contributed by atoms with E-state index in [9.17, 15) is 4.79 Å². The number of carbonyl (C=O) groups excluding carboxylic acids is 1. The van der Waals surface area contributed by atoms with Crippen LogP contribution in [0.4, 0.5) is 10.7 Å². The number of ether oxygens (including phenoxy) is 3. The number of anilines is 1. The van der Waals surface area contributed by atoms with E-state index < -0.39 is 6.09 Å². The summed E-state index contributed by atoms with van der Waals surface area (Å²) in [6.07, 6.45) is -0.590. The van der Waals surface area contributed by atoms with Crippen molar-refractivity contribution in [3.05, 3.63) is 48.5 Å². The molecule has 1 amide bonds. The SMILES string of the molecule is COC(=O)Nc1nc2c(OCCOc3ccccc3)cccc2[nH]1. The largest absolute Gasteiger partial charge is 0.490 e. The van der Waals surface area contributed by atoms with Crippen molar-refractivity contribution in [3.63, 3.8) is 0 Å². The number of nitrogens with one attached hydrogen (secondary N) is 2. The standard InChI is InChI=1S/C17H17N3O4/c1-22-17(21)20-16-18-13-8-5-9-14(15(13)19-16)24-11-10-23-12-6-3-2-4-7-12/h2-9H,10-11H2,1H3,(H2,18,19,20,21). The van der Waals surface area contributed by atoms with Crippen LogP contribution in [0.1, 0.15) is 0 Å². The van der Waals surface area contributed by atoms with Crippen LogP contribution in [0.5, 0.6) is 11.5 Å². The molecule has 0 bridgehead atoms. The number of aromatic amines is 1. The lowest BCUT2D eigenvalue weighted by molar-refractivity contribution is 0.186. The summed E-state index contributed by atoms with van der Waals surface area (Å²) in [5.74, 6) is 1.70. The van der Waals surface area contributed by atoms with Crippen LogP contribution in [0.15, 0.2) is 48.5 Å². The van der Waals surface area contributed by atoms with Crippen LogP contribution >= 0.6 is 0 Å². The fourth-order valence-corrected chi connectivity index (χ4v) is 2.16. The molecular formula is C17H17N3O4. The van der Waals surface area contributed by atoms with Crippen LogP contribution in [0.25, 0.3) is 11.0 Å². The van der Waals surface area contributed by atoms with Gasteiger partial charge >= 0.3 is 6.09 Å². The molecule has 0 spiro atoms. The maximum atomic E-state index is 11.2. The Balaban J connectivity index is 1.62. The molecule has 1 heterocycles. The van der Waals surface area contributed by atoms with Gasteiger partial charge < -0.3 is 19.2 Å². The predicted molar refractivity (Wildman–Crippen MR) is 89.6 cm³/mol. The summed E-state index contributed by atoms with van der Waals surface area (Å²) in [7, 11) is 1.29. The zero-order valence-electron chi connectivity index (χ0n) is 13.1. The number of fused-ring (bicyclic) bond motifs is 1. The van der Waals surface area contributed by atoms with Crippen LogP contribution in [0.3, 0.4) is 0 Å². The van der Waals surface area contributed by atoms with Gasteiger partial charge in [-0.15, -0.1) is 0 Å². The quantitative estimate of drug-likeness (QED) is 0.679. The van der Waals surface area contributed by atoms with Gasteiger partial charge in [0.2, 0.25) is 5.95 Å². The van der Waals surface area contributed by atoms with Gasteiger partial charge in [0.1, 0.15) is 30.2 Å². The van der Waals surface area contributed by atoms with Crippen molar-refractivity contribution in [2.24, 2.45) is 0 Å². The molecule has 0 fully saturated rings. The fourth-order valence-electron chi connectivity index (χ4n) is 2.16. The highest BCUT2D eigenvalue weighted by Gasteiger charge is 2.10. The van der Waals surface area contributed by atoms with Gasteiger partial charge in [0.25, 0.3) is 0 Å². The lowest BCUT2D eigenvalue weighted by atomic mass is 10.3. The lowest BCUT2D eigenvalue weighted by Crippen LogP contribution is -2.11.